The Morgan fingerprint density at radius 3 is 2.11 bits per heavy atom. The highest BCUT2D eigenvalue weighted by molar-refractivity contribution is 7.92. The first-order valence-electron chi connectivity index (χ1n) is 7.75. The lowest BCUT2D eigenvalue weighted by molar-refractivity contribution is 0.0940. The van der Waals surface area contributed by atoms with Crippen molar-refractivity contribution in [1.29, 1.82) is 0 Å². The third-order valence-electron chi connectivity index (χ3n) is 3.67. The van der Waals surface area contributed by atoms with E-state index in [1.807, 2.05) is 0 Å². The number of halogens is 1. The van der Waals surface area contributed by atoms with Gasteiger partial charge >= 0.3 is 0 Å². The molecule has 7 nitrogen and oxygen atoms in total. The predicted octanol–water partition coefficient (Wildman–Crippen LogP) is 2.61. The largest absolute Gasteiger partial charge is 0.345 e. The van der Waals surface area contributed by atoms with Crippen molar-refractivity contribution in [3.8, 4) is 0 Å². The molecule has 0 fully saturated rings. The van der Waals surface area contributed by atoms with Crippen LogP contribution < -0.4 is 10.0 Å². The fraction of sp³-hybridized carbons (Fsp3) is 0.235. The standard InChI is InChI=1S/C17H19ClN2O5S2/c1-11(12-4-7-14(8-5-12)26(2,22)23)19-17(21)15-10-13(6-9-16(15)18)20-27(3,24)25/h4-11,20H,1-3H3,(H,19,21)/t11-/m1/s1. The zero-order valence-electron chi connectivity index (χ0n) is 14.9. The second-order valence-corrected chi connectivity index (χ2v) is 10.3. The number of sulfonamides is 1. The van der Waals surface area contributed by atoms with E-state index in [9.17, 15) is 21.6 Å². The van der Waals surface area contributed by atoms with Crippen LogP contribution in [0.3, 0.4) is 0 Å². The maximum Gasteiger partial charge on any atom is 0.253 e. The van der Waals surface area contributed by atoms with Crippen LogP contribution in [-0.4, -0.2) is 35.3 Å². The summed E-state index contributed by atoms with van der Waals surface area (Å²) in [5, 5.41) is 2.92. The predicted molar refractivity (Wildman–Crippen MR) is 105 cm³/mol. The van der Waals surface area contributed by atoms with E-state index in [-0.39, 0.29) is 21.2 Å². The number of benzene rings is 2. The lowest BCUT2D eigenvalue weighted by Gasteiger charge is -2.16. The minimum absolute atomic E-state index is 0.116. The molecule has 146 valence electrons. The van der Waals surface area contributed by atoms with Gasteiger partial charge in [-0.15, -0.1) is 0 Å². The lowest BCUT2D eigenvalue weighted by Crippen LogP contribution is -2.27. The summed E-state index contributed by atoms with van der Waals surface area (Å²) >= 11 is 6.06. The molecule has 1 amide bonds. The van der Waals surface area contributed by atoms with Crippen molar-refractivity contribution in [2.45, 2.75) is 17.9 Å². The summed E-state index contributed by atoms with van der Waals surface area (Å²) in [6, 6.07) is 9.97. The van der Waals surface area contributed by atoms with E-state index in [1.54, 1.807) is 19.1 Å². The average molecular weight is 431 g/mol. The van der Waals surface area contributed by atoms with Gasteiger partial charge in [-0.2, -0.15) is 0 Å². The topological polar surface area (TPSA) is 109 Å². The molecule has 0 aliphatic rings. The lowest BCUT2D eigenvalue weighted by atomic mass is 10.1. The van der Waals surface area contributed by atoms with Gasteiger partial charge in [0, 0.05) is 11.9 Å². The van der Waals surface area contributed by atoms with Crippen LogP contribution in [0.5, 0.6) is 0 Å². The number of carbonyl (C=O) groups is 1. The van der Waals surface area contributed by atoms with E-state index in [0.29, 0.717) is 5.56 Å². The van der Waals surface area contributed by atoms with Crippen LogP contribution in [0.25, 0.3) is 0 Å². The maximum atomic E-state index is 12.5. The normalized spacial score (nSPS) is 13.0. The molecule has 0 saturated carbocycles. The number of nitrogens with one attached hydrogen (secondary N) is 2. The molecule has 0 spiro atoms. The number of carbonyl (C=O) groups excluding carboxylic acids is 1. The maximum absolute atomic E-state index is 12.5. The molecule has 1 atom stereocenters. The highest BCUT2D eigenvalue weighted by Gasteiger charge is 2.16. The van der Waals surface area contributed by atoms with Crippen LogP contribution in [0.2, 0.25) is 5.02 Å². The molecule has 0 radical (unpaired) electrons. The highest BCUT2D eigenvalue weighted by Crippen LogP contribution is 2.23. The molecule has 0 aromatic heterocycles. The number of rotatable bonds is 6. The summed E-state index contributed by atoms with van der Waals surface area (Å²) in [6.07, 6.45) is 2.12. The molecule has 2 aromatic carbocycles. The molecule has 27 heavy (non-hydrogen) atoms. The Hall–Kier alpha value is -2.10. The van der Waals surface area contributed by atoms with E-state index in [4.69, 9.17) is 11.6 Å². The summed E-state index contributed by atoms with van der Waals surface area (Å²) in [5.74, 6) is -0.489. The van der Waals surface area contributed by atoms with E-state index in [1.165, 1.54) is 30.3 Å². The Morgan fingerprint density at radius 1 is 1.00 bits per heavy atom. The van der Waals surface area contributed by atoms with Gasteiger partial charge in [-0.1, -0.05) is 23.7 Å². The number of hydrogen-bond acceptors (Lipinski definition) is 5. The first-order valence-corrected chi connectivity index (χ1v) is 11.9. The summed E-state index contributed by atoms with van der Waals surface area (Å²) in [5.41, 5.74) is 1.04. The number of hydrogen-bond donors (Lipinski definition) is 2. The third kappa shape index (κ3) is 5.95. The van der Waals surface area contributed by atoms with Gasteiger partial charge in [-0.25, -0.2) is 16.8 Å². The van der Waals surface area contributed by atoms with Crippen LogP contribution in [-0.2, 0) is 19.9 Å². The Kier molecular flexibility index (Phi) is 6.18. The average Bonchev–Trinajstić information content (AvgIpc) is 2.54. The minimum Gasteiger partial charge on any atom is -0.345 e. The molecule has 2 N–H and O–H groups in total. The molecule has 2 aromatic rings. The van der Waals surface area contributed by atoms with Gasteiger partial charge in [0.2, 0.25) is 10.0 Å². The molecule has 0 bridgehead atoms. The molecule has 0 saturated heterocycles. The number of sulfone groups is 1. The van der Waals surface area contributed by atoms with Gasteiger partial charge in [0.25, 0.3) is 5.91 Å². The monoisotopic (exact) mass is 430 g/mol. The summed E-state index contributed by atoms with van der Waals surface area (Å²) in [4.78, 5) is 12.7. The Bertz CT molecular complexity index is 1070. The second kappa shape index (κ2) is 7.87. The van der Waals surface area contributed by atoms with Gasteiger partial charge in [0.15, 0.2) is 9.84 Å². The number of anilines is 1. The third-order valence-corrected chi connectivity index (χ3v) is 5.73. The van der Waals surface area contributed by atoms with Crippen LogP contribution in [0.15, 0.2) is 47.4 Å². The minimum atomic E-state index is -3.49. The van der Waals surface area contributed by atoms with Crippen molar-refractivity contribution in [1.82, 2.24) is 5.32 Å². The summed E-state index contributed by atoms with van der Waals surface area (Å²) < 4.78 is 48.0. The van der Waals surface area contributed by atoms with E-state index in [0.717, 1.165) is 12.5 Å². The molecule has 0 aliphatic carbocycles. The van der Waals surface area contributed by atoms with Crippen LogP contribution in [0, 0.1) is 0 Å². The van der Waals surface area contributed by atoms with Crippen molar-refractivity contribution in [2.24, 2.45) is 0 Å². The van der Waals surface area contributed by atoms with Gasteiger partial charge in [0.05, 0.1) is 27.8 Å². The van der Waals surface area contributed by atoms with E-state index in [2.05, 4.69) is 10.0 Å². The van der Waals surface area contributed by atoms with Crippen molar-refractivity contribution in [3.05, 3.63) is 58.6 Å². The van der Waals surface area contributed by atoms with Crippen LogP contribution in [0.4, 0.5) is 5.69 Å². The fourth-order valence-electron chi connectivity index (χ4n) is 2.34. The summed E-state index contributed by atoms with van der Waals surface area (Å²) in [6.45, 7) is 1.74. The van der Waals surface area contributed by atoms with Gasteiger partial charge < -0.3 is 5.32 Å². The zero-order chi connectivity index (χ0) is 20.4. The molecule has 2 rings (SSSR count). The molecule has 0 heterocycles. The van der Waals surface area contributed by atoms with E-state index >= 15 is 0 Å². The van der Waals surface area contributed by atoms with Gasteiger partial charge in [-0.3, -0.25) is 9.52 Å². The summed E-state index contributed by atoms with van der Waals surface area (Å²) in [7, 11) is -6.79. The Morgan fingerprint density at radius 2 is 1.59 bits per heavy atom. The molecule has 0 unspecified atom stereocenters. The van der Waals surface area contributed by atoms with E-state index < -0.39 is 31.8 Å². The zero-order valence-corrected chi connectivity index (χ0v) is 17.2. The fourth-order valence-corrected chi connectivity index (χ4v) is 3.73. The molecule has 0 aliphatic heterocycles. The van der Waals surface area contributed by atoms with Crippen molar-refractivity contribution in [2.75, 3.05) is 17.2 Å². The van der Waals surface area contributed by atoms with Gasteiger partial charge in [-0.05, 0) is 42.8 Å². The van der Waals surface area contributed by atoms with Crippen molar-refractivity contribution >= 4 is 43.1 Å². The smallest absolute Gasteiger partial charge is 0.253 e. The molecule has 10 heteroatoms. The number of amides is 1. The highest BCUT2D eigenvalue weighted by atomic mass is 35.5. The Balaban J connectivity index is 2.20. The van der Waals surface area contributed by atoms with Crippen molar-refractivity contribution in [3.63, 3.8) is 0 Å². The Labute approximate surface area is 163 Å². The van der Waals surface area contributed by atoms with Gasteiger partial charge in [0.1, 0.15) is 0 Å². The first kappa shape index (κ1) is 21.2. The quantitative estimate of drug-likeness (QED) is 0.732. The van der Waals surface area contributed by atoms with Crippen LogP contribution in [0.1, 0.15) is 28.9 Å². The van der Waals surface area contributed by atoms with Crippen LogP contribution >= 0.6 is 11.6 Å². The molecular weight excluding hydrogens is 412 g/mol. The first-order chi connectivity index (χ1) is 12.4. The second-order valence-electron chi connectivity index (χ2n) is 6.11. The molecular formula is C17H19ClN2O5S2. The SMILES string of the molecule is C[C@@H](NC(=O)c1cc(NS(C)(=O)=O)ccc1Cl)c1ccc(S(C)(=O)=O)cc1. The van der Waals surface area contributed by atoms with Crippen molar-refractivity contribution < 1.29 is 21.6 Å².